The van der Waals surface area contributed by atoms with Gasteiger partial charge >= 0.3 is 12.0 Å². The van der Waals surface area contributed by atoms with Crippen LogP contribution >= 0.6 is 15.9 Å². The zero-order valence-electron chi connectivity index (χ0n) is 21.5. The van der Waals surface area contributed by atoms with Crippen molar-refractivity contribution in [3.05, 3.63) is 63.3 Å². The number of rotatable bonds is 12. The third kappa shape index (κ3) is 7.86. The molecule has 0 radical (unpaired) electrons. The van der Waals surface area contributed by atoms with Crippen LogP contribution in [0.15, 0.2) is 57.2 Å². The van der Waals surface area contributed by atoms with Gasteiger partial charge in [0.05, 0.1) is 31.5 Å². The molecule has 1 aliphatic rings. The summed E-state index contributed by atoms with van der Waals surface area (Å²) in [5.74, 6) is 0.575. The highest BCUT2D eigenvalue weighted by Gasteiger charge is 2.32. The summed E-state index contributed by atoms with van der Waals surface area (Å²) in [5.41, 5.74) is 4.38. The van der Waals surface area contributed by atoms with Crippen molar-refractivity contribution in [2.45, 2.75) is 26.1 Å². The van der Waals surface area contributed by atoms with Crippen molar-refractivity contribution < 1.29 is 33.6 Å². The number of aliphatic hydroxyl groups is 1. The first-order chi connectivity index (χ1) is 18.8. The van der Waals surface area contributed by atoms with E-state index in [0.717, 1.165) is 4.47 Å². The Kier molecular flexibility index (Phi) is 10.5. The van der Waals surface area contributed by atoms with E-state index in [1.807, 2.05) is 6.07 Å². The van der Waals surface area contributed by atoms with Gasteiger partial charge in [-0.25, -0.2) is 9.59 Å². The highest BCUT2D eigenvalue weighted by Crippen LogP contribution is 2.35. The van der Waals surface area contributed by atoms with Gasteiger partial charge in [0.25, 0.3) is 0 Å². The van der Waals surface area contributed by atoms with Crippen LogP contribution in [0.1, 0.15) is 31.0 Å². The summed E-state index contributed by atoms with van der Waals surface area (Å²) in [7, 11) is 1.27. The summed E-state index contributed by atoms with van der Waals surface area (Å²) in [6.07, 6.45) is 0.272. The van der Waals surface area contributed by atoms with Crippen LogP contribution in [-0.2, 0) is 9.53 Å². The monoisotopic (exact) mass is 601 g/mol. The van der Waals surface area contributed by atoms with Gasteiger partial charge in [-0.05, 0) is 49.7 Å². The minimum Gasteiger partial charge on any atom is -0.490 e. The molecule has 2 amide bonds. The number of amides is 2. The molecule has 3 rings (SSSR count). The number of nitrogens with zero attached hydrogens (tertiary/aromatic N) is 2. The lowest BCUT2D eigenvalue weighted by molar-refractivity contribution is -0.136. The van der Waals surface area contributed by atoms with Crippen molar-refractivity contribution in [2.75, 3.05) is 26.9 Å². The lowest BCUT2D eigenvalue weighted by atomic mass is 9.95. The molecule has 206 valence electrons. The summed E-state index contributed by atoms with van der Waals surface area (Å²) in [5, 5.41) is 28.4. The number of allylic oxidation sites excluding steroid dienone is 1. The van der Waals surface area contributed by atoms with Crippen LogP contribution < -0.4 is 30.3 Å². The standard InChI is InChI=1S/C26H28BrN5O7/c1-4-37-21-12-16(24-23(25(34)36-3)15(2)30-26(35)31-24)5-7-20(21)39-14-22(33)32-29-13-17-11-18(27)6-8-19(17)38-10-9-28/h5-8,11-13,22,24,32-33H,4,10,14H2,1-3H3,(H2,30,31,35)/b29-13-/t22-,24-/m1/s1. The minimum absolute atomic E-state index is 0.114. The van der Waals surface area contributed by atoms with Crippen LogP contribution in [0.2, 0.25) is 0 Å². The van der Waals surface area contributed by atoms with Gasteiger partial charge in [-0.1, -0.05) is 22.0 Å². The fourth-order valence-corrected chi connectivity index (χ4v) is 4.06. The maximum Gasteiger partial charge on any atom is 0.337 e. The number of esters is 1. The van der Waals surface area contributed by atoms with Crippen LogP contribution in [0, 0.1) is 11.3 Å². The van der Waals surface area contributed by atoms with Crippen molar-refractivity contribution in [1.82, 2.24) is 16.1 Å². The van der Waals surface area contributed by atoms with Gasteiger partial charge in [0.15, 0.2) is 24.3 Å². The van der Waals surface area contributed by atoms with Gasteiger partial charge in [-0.3, -0.25) is 5.43 Å². The fourth-order valence-electron chi connectivity index (χ4n) is 3.68. The van der Waals surface area contributed by atoms with E-state index in [-0.39, 0.29) is 18.8 Å². The Morgan fingerprint density at radius 1 is 1.23 bits per heavy atom. The molecule has 2 atom stereocenters. The second-order valence-corrected chi connectivity index (χ2v) is 8.96. The Morgan fingerprint density at radius 2 is 2.00 bits per heavy atom. The van der Waals surface area contributed by atoms with Gasteiger partial charge in [0, 0.05) is 15.7 Å². The molecule has 1 heterocycles. The Hall–Kier alpha value is -4.28. The summed E-state index contributed by atoms with van der Waals surface area (Å²) in [6.45, 7) is 3.45. The number of benzene rings is 2. The topological polar surface area (TPSA) is 164 Å². The number of hydrazone groups is 1. The number of hydrogen-bond donors (Lipinski definition) is 4. The molecular formula is C26H28BrN5O7. The summed E-state index contributed by atoms with van der Waals surface area (Å²) >= 11 is 3.37. The van der Waals surface area contributed by atoms with Crippen molar-refractivity contribution in [3.63, 3.8) is 0 Å². The molecule has 4 N–H and O–H groups in total. The maximum absolute atomic E-state index is 12.4. The van der Waals surface area contributed by atoms with Crippen molar-refractivity contribution >= 4 is 34.1 Å². The molecule has 0 saturated carbocycles. The van der Waals surface area contributed by atoms with E-state index >= 15 is 0 Å². The van der Waals surface area contributed by atoms with Crippen molar-refractivity contribution in [3.8, 4) is 23.3 Å². The lowest BCUT2D eigenvalue weighted by Gasteiger charge is -2.28. The smallest absolute Gasteiger partial charge is 0.337 e. The molecule has 0 bridgehead atoms. The first-order valence-corrected chi connectivity index (χ1v) is 12.6. The van der Waals surface area contributed by atoms with E-state index < -0.39 is 24.3 Å². The molecule has 39 heavy (non-hydrogen) atoms. The fraction of sp³-hybridized carbons (Fsp3) is 0.308. The summed E-state index contributed by atoms with van der Waals surface area (Å²) < 4.78 is 22.5. The average Bonchev–Trinajstić information content (AvgIpc) is 2.91. The van der Waals surface area contributed by atoms with Gasteiger partial charge in [0.1, 0.15) is 18.4 Å². The Morgan fingerprint density at radius 3 is 2.72 bits per heavy atom. The first kappa shape index (κ1) is 29.3. The highest BCUT2D eigenvalue weighted by molar-refractivity contribution is 9.10. The van der Waals surface area contributed by atoms with E-state index in [4.69, 9.17) is 24.2 Å². The average molecular weight is 602 g/mol. The zero-order valence-corrected chi connectivity index (χ0v) is 23.1. The number of carbonyl (C=O) groups excluding carboxylic acids is 2. The van der Waals surface area contributed by atoms with E-state index in [2.05, 4.69) is 37.1 Å². The molecule has 0 aliphatic carbocycles. The molecule has 2 aromatic carbocycles. The molecule has 0 aromatic heterocycles. The number of halogens is 1. The number of carbonyl (C=O) groups is 2. The van der Waals surface area contributed by atoms with E-state index in [1.54, 1.807) is 50.2 Å². The van der Waals surface area contributed by atoms with Gasteiger partial charge in [0.2, 0.25) is 0 Å². The van der Waals surface area contributed by atoms with Gasteiger partial charge < -0.3 is 34.7 Å². The second kappa shape index (κ2) is 14.0. The molecule has 13 heteroatoms. The number of nitrogens with one attached hydrogen (secondary N) is 3. The number of urea groups is 1. The van der Waals surface area contributed by atoms with Gasteiger partial charge in [-0.2, -0.15) is 10.4 Å². The van der Waals surface area contributed by atoms with Gasteiger partial charge in [-0.15, -0.1) is 0 Å². The largest absolute Gasteiger partial charge is 0.490 e. The van der Waals surface area contributed by atoms with Crippen LogP contribution in [0.25, 0.3) is 0 Å². The predicted molar refractivity (Wildman–Crippen MR) is 144 cm³/mol. The van der Waals surface area contributed by atoms with Crippen molar-refractivity contribution in [1.29, 1.82) is 5.26 Å². The summed E-state index contributed by atoms with van der Waals surface area (Å²) in [6, 6.07) is 10.9. The number of methoxy groups -OCH3 is 1. The quantitative estimate of drug-likeness (QED) is 0.124. The van der Waals surface area contributed by atoms with Crippen LogP contribution in [-0.4, -0.2) is 56.5 Å². The number of aliphatic hydroxyl groups excluding tert-OH is 1. The molecule has 0 unspecified atom stereocenters. The lowest BCUT2D eigenvalue weighted by Crippen LogP contribution is -2.45. The second-order valence-electron chi connectivity index (χ2n) is 8.04. The highest BCUT2D eigenvalue weighted by atomic mass is 79.9. The molecule has 0 saturated heterocycles. The number of ether oxygens (including phenoxy) is 4. The van der Waals surface area contributed by atoms with Crippen LogP contribution in [0.3, 0.4) is 0 Å². The van der Waals surface area contributed by atoms with Crippen LogP contribution in [0.5, 0.6) is 17.2 Å². The van der Waals surface area contributed by atoms with E-state index in [0.29, 0.717) is 40.7 Å². The Bertz CT molecular complexity index is 1310. The molecule has 2 aromatic rings. The molecule has 1 aliphatic heterocycles. The molecule has 12 nitrogen and oxygen atoms in total. The Balaban J connectivity index is 1.70. The predicted octanol–water partition coefficient (Wildman–Crippen LogP) is 2.87. The first-order valence-electron chi connectivity index (χ1n) is 11.8. The SMILES string of the molecule is CCOc1cc([C@H]2NC(=O)NC(C)=C2C(=O)OC)ccc1OC[C@@H](O)N/N=C\c1cc(Br)ccc1OCC#N. The summed E-state index contributed by atoms with van der Waals surface area (Å²) in [4.78, 5) is 24.5. The van der Waals surface area contributed by atoms with E-state index in [1.165, 1.54) is 13.3 Å². The third-order valence-electron chi connectivity index (χ3n) is 5.36. The molecular weight excluding hydrogens is 574 g/mol. The van der Waals surface area contributed by atoms with Crippen molar-refractivity contribution in [2.24, 2.45) is 5.10 Å². The maximum atomic E-state index is 12.4. The number of hydrogen-bond acceptors (Lipinski definition) is 10. The molecule has 0 fully saturated rings. The minimum atomic E-state index is -1.17. The normalized spacial score (nSPS) is 15.6. The zero-order chi connectivity index (χ0) is 28.4. The number of nitriles is 1. The van der Waals surface area contributed by atoms with Crippen LogP contribution in [0.4, 0.5) is 4.79 Å². The molecule has 0 spiro atoms. The Labute approximate surface area is 233 Å². The third-order valence-corrected chi connectivity index (χ3v) is 5.86. The van der Waals surface area contributed by atoms with E-state index in [9.17, 15) is 14.7 Å².